The number of rotatable bonds is 4. The molecule has 0 spiro atoms. The molecule has 0 amide bonds. The Balaban J connectivity index is 2.03. The Bertz CT molecular complexity index is 605. The Labute approximate surface area is 126 Å². The van der Waals surface area contributed by atoms with E-state index < -0.39 is 0 Å². The second-order valence-corrected chi connectivity index (χ2v) is 5.71. The minimum atomic E-state index is 0.00182. The standard InChI is InChI=1S/C16H15IO2/c1-11-6-7-13(8-12(11)2)16(18)10-19-15-5-3-4-14(17)9-15/h3-9H,10H2,1-2H3. The lowest BCUT2D eigenvalue weighted by Crippen LogP contribution is -2.11. The van der Waals surface area contributed by atoms with Gasteiger partial charge in [-0.3, -0.25) is 4.79 Å². The third-order valence-corrected chi connectivity index (χ3v) is 3.67. The minimum absolute atomic E-state index is 0.00182. The van der Waals surface area contributed by atoms with Crippen molar-refractivity contribution in [2.24, 2.45) is 0 Å². The van der Waals surface area contributed by atoms with Gasteiger partial charge >= 0.3 is 0 Å². The molecule has 2 aromatic carbocycles. The molecule has 3 heteroatoms. The third-order valence-electron chi connectivity index (χ3n) is 2.99. The Kier molecular flexibility index (Phi) is 4.58. The molecule has 0 aliphatic rings. The average Bonchev–Trinajstić information content (AvgIpc) is 2.39. The highest BCUT2D eigenvalue weighted by atomic mass is 127. The Morgan fingerprint density at radius 1 is 1.11 bits per heavy atom. The molecule has 0 aliphatic heterocycles. The summed E-state index contributed by atoms with van der Waals surface area (Å²) in [6.07, 6.45) is 0. The van der Waals surface area contributed by atoms with E-state index in [0.717, 1.165) is 14.9 Å². The highest BCUT2D eigenvalue weighted by Gasteiger charge is 2.08. The molecule has 0 saturated carbocycles. The third kappa shape index (κ3) is 3.80. The molecule has 0 saturated heterocycles. The summed E-state index contributed by atoms with van der Waals surface area (Å²) in [4.78, 5) is 12.0. The Morgan fingerprint density at radius 3 is 2.58 bits per heavy atom. The van der Waals surface area contributed by atoms with E-state index in [9.17, 15) is 4.79 Å². The van der Waals surface area contributed by atoms with Crippen LogP contribution in [-0.2, 0) is 0 Å². The molecule has 0 radical (unpaired) electrons. The monoisotopic (exact) mass is 366 g/mol. The molecule has 2 nitrogen and oxygen atoms in total. The summed E-state index contributed by atoms with van der Waals surface area (Å²) in [5.74, 6) is 0.728. The van der Waals surface area contributed by atoms with Crippen LogP contribution >= 0.6 is 22.6 Å². The molecule has 0 atom stereocenters. The van der Waals surface area contributed by atoms with Crippen molar-refractivity contribution in [1.29, 1.82) is 0 Å². The number of ether oxygens (including phenoxy) is 1. The van der Waals surface area contributed by atoms with Gasteiger partial charge < -0.3 is 4.74 Å². The topological polar surface area (TPSA) is 26.3 Å². The molecule has 0 unspecified atom stereocenters. The van der Waals surface area contributed by atoms with E-state index in [-0.39, 0.29) is 12.4 Å². The number of carbonyl (C=O) groups is 1. The summed E-state index contributed by atoms with van der Waals surface area (Å²) in [5.41, 5.74) is 3.02. The number of ketones is 1. The van der Waals surface area contributed by atoms with Gasteiger partial charge in [0.2, 0.25) is 0 Å². The minimum Gasteiger partial charge on any atom is -0.485 e. The van der Waals surface area contributed by atoms with Gasteiger partial charge in [0.05, 0.1) is 0 Å². The molecule has 98 valence electrons. The van der Waals surface area contributed by atoms with Crippen molar-refractivity contribution in [2.75, 3.05) is 6.61 Å². The second kappa shape index (κ2) is 6.19. The van der Waals surface area contributed by atoms with Crippen LogP contribution in [0.1, 0.15) is 21.5 Å². The fourth-order valence-electron chi connectivity index (χ4n) is 1.70. The molecule has 0 N–H and O–H groups in total. The normalized spacial score (nSPS) is 10.3. The molecular formula is C16H15IO2. The zero-order valence-electron chi connectivity index (χ0n) is 10.9. The second-order valence-electron chi connectivity index (χ2n) is 4.47. The van der Waals surface area contributed by atoms with Crippen molar-refractivity contribution in [1.82, 2.24) is 0 Å². The lowest BCUT2D eigenvalue weighted by atomic mass is 10.0. The van der Waals surface area contributed by atoms with Gasteiger partial charge in [0.25, 0.3) is 0 Å². The number of halogens is 1. The lowest BCUT2D eigenvalue weighted by molar-refractivity contribution is 0.0921. The van der Waals surface area contributed by atoms with Crippen molar-refractivity contribution < 1.29 is 9.53 Å². The zero-order chi connectivity index (χ0) is 13.8. The molecule has 19 heavy (non-hydrogen) atoms. The molecular weight excluding hydrogens is 351 g/mol. The van der Waals surface area contributed by atoms with Crippen molar-refractivity contribution in [2.45, 2.75) is 13.8 Å². The first-order valence-corrected chi connectivity index (χ1v) is 7.13. The number of aryl methyl sites for hydroxylation is 2. The van der Waals surface area contributed by atoms with E-state index in [1.165, 1.54) is 5.56 Å². The average molecular weight is 366 g/mol. The smallest absolute Gasteiger partial charge is 0.200 e. The summed E-state index contributed by atoms with van der Waals surface area (Å²) in [5, 5.41) is 0. The van der Waals surface area contributed by atoms with E-state index in [4.69, 9.17) is 4.74 Å². The van der Waals surface area contributed by atoms with Crippen LogP contribution in [0.5, 0.6) is 5.75 Å². The highest BCUT2D eigenvalue weighted by Crippen LogP contribution is 2.16. The van der Waals surface area contributed by atoms with E-state index in [0.29, 0.717) is 5.56 Å². The molecule has 2 aromatic rings. The van der Waals surface area contributed by atoms with E-state index in [2.05, 4.69) is 22.6 Å². The fourth-order valence-corrected chi connectivity index (χ4v) is 2.22. The van der Waals surface area contributed by atoms with Gasteiger partial charge in [-0.25, -0.2) is 0 Å². The van der Waals surface area contributed by atoms with E-state index in [1.807, 2.05) is 56.3 Å². The first-order chi connectivity index (χ1) is 9.06. The predicted octanol–water partition coefficient (Wildman–Crippen LogP) is 4.17. The first kappa shape index (κ1) is 14.1. The predicted molar refractivity (Wildman–Crippen MR) is 84.9 cm³/mol. The molecule has 0 fully saturated rings. The SMILES string of the molecule is Cc1ccc(C(=O)COc2cccc(I)c2)cc1C. The van der Waals surface area contributed by atoms with Crippen LogP contribution in [0.15, 0.2) is 42.5 Å². The molecule has 0 bridgehead atoms. The van der Waals surface area contributed by atoms with Crippen molar-refractivity contribution in [3.63, 3.8) is 0 Å². The Hall–Kier alpha value is -1.36. The van der Waals surface area contributed by atoms with Crippen LogP contribution in [0.25, 0.3) is 0 Å². The summed E-state index contributed by atoms with van der Waals surface area (Å²) in [7, 11) is 0. The van der Waals surface area contributed by atoms with Crippen LogP contribution in [0, 0.1) is 17.4 Å². The maximum atomic E-state index is 12.0. The van der Waals surface area contributed by atoms with Crippen molar-refractivity contribution in [3.8, 4) is 5.75 Å². The van der Waals surface area contributed by atoms with Crippen molar-refractivity contribution >= 4 is 28.4 Å². The number of carbonyl (C=O) groups excluding carboxylic acids is 1. The molecule has 0 heterocycles. The van der Waals surface area contributed by atoms with E-state index >= 15 is 0 Å². The van der Waals surface area contributed by atoms with Gasteiger partial charge in [0.1, 0.15) is 5.75 Å². The maximum Gasteiger partial charge on any atom is 0.200 e. The molecule has 0 aliphatic carbocycles. The van der Waals surface area contributed by atoms with Crippen LogP contribution in [-0.4, -0.2) is 12.4 Å². The van der Waals surface area contributed by atoms with Gasteiger partial charge in [-0.1, -0.05) is 18.2 Å². The van der Waals surface area contributed by atoms with Crippen LogP contribution in [0.2, 0.25) is 0 Å². The van der Waals surface area contributed by atoms with Gasteiger partial charge in [0.15, 0.2) is 12.4 Å². The van der Waals surface area contributed by atoms with Gasteiger partial charge in [-0.2, -0.15) is 0 Å². The molecule has 0 aromatic heterocycles. The summed E-state index contributed by atoms with van der Waals surface area (Å²) in [6, 6.07) is 13.4. The van der Waals surface area contributed by atoms with Crippen LogP contribution in [0.4, 0.5) is 0 Å². The van der Waals surface area contributed by atoms with E-state index in [1.54, 1.807) is 0 Å². The highest BCUT2D eigenvalue weighted by molar-refractivity contribution is 14.1. The largest absolute Gasteiger partial charge is 0.485 e. The van der Waals surface area contributed by atoms with Crippen molar-refractivity contribution in [3.05, 3.63) is 62.7 Å². The van der Waals surface area contributed by atoms with Crippen LogP contribution < -0.4 is 4.74 Å². The number of hydrogen-bond acceptors (Lipinski definition) is 2. The first-order valence-electron chi connectivity index (χ1n) is 6.05. The number of benzene rings is 2. The summed E-state index contributed by atoms with van der Waals surface area (Å²) >= 11 is 2.22. The number of Topliss-reactive ketones (excluding diaryl/α,β-unsaturated/α-hetero) is 1. The maximum absolute atomic E-state index is 12.0. The summed E-state index contributed by atoms with van der Waals surface area (Å²) < 4.78 is 6.61. The Morgan fingerprint density at radius 2 is 1.89 bits per heavy atom. The quantitative estimate of drug-likeness (QED) is 0.600. The van der Waals surface area contributed by atoms with Crippen LogP contribution in [0.3, 0.4) is 0 Å². The van der Waals surface area contributed by atoms with Gasteiger partial charge in [-0.05, 0) is 71.8 Å². The van der Waals surface area contributed by atoms with Gasteiger partial charge in [-0.15, -0.1) is 0 Å². The molecule has 2 rings (SSSR count). The zero-order valence-corrected chi connectivity index (χ0v) is 13.1. The van der Waals surface area contributed by atoms with Gasteiger partial charge in [0, 0.05) is 9.13 Å². The lowest BCUT2D eigenvalue weighted by Gasteiger charge is -2.07. The number of hydrogen-bond donors (Lipinski definition) is 0. The fraction of sp³-hybridized carbons (Fsp3) is 0.188. The summed E-state index contributed by atoms with van der Waals surface area (Å²) in [6.45, 7) is 4.11.